The van der Waals surface area contributed by atoms with Crippen LogP contribution in [0.1, 0.15) is 33.6 Å². The maximum Gasteiger partial charge on any atom is 0.307 e. The molecule has 1 amide bonds. The van der Waals surface area contributed by atoms with Gasteiger partial charge in [0.05, 0.1) is 11.3 Å². The summed E-state index contributed by atoms with van der Waals surface area (Å²) in [5.41, 5.74) is 0. The number of carbonyl (C=O) groups excluding carboxylic acids is 2. The second kappa shape index (κ2) is 9.86. The lowest BCUT2D eigenvalue weighted by atomic mass is 9.91. The lowest BCUT2D eigenvalue weighted by Crippen LogP contribution is -2.47. The molecule has 1 aromatic carbocycles. The molecule has 10 heteroatoms. The zero-order valence-electron chi connectivity index (χ0n) is 18.1. The van der Waals surface area contributed by atoms with Crippen molar-refractivity contribution in [2.75, 3.05) is 32.8 Å². The molecular weight excluding hydrogens is 424 g/mol. The van der Waals surface area contributed by atoms with E-state index in [1.54, 1.807) is 11.8 Å². The summed E-state index contributed by atoms with van der Waals surface area (Å²) in [6.07, 6.45) is -0.0187. The lowest BCUT2D eigenvalue weighted by molar-refractivity contribution is -0.160. The molecule has 1 fully saturated rings. The second-order valence-electron chi connectivity index (χ2n) is 8.27. The number of ether oxygens (including phenoxy) is 3. The van der Waals surface area contributed by atoms with E-state index in [1.165, 1.54) is 18.2 Å². The lowest BCUT2D eigenvalue weighted by Gasteiger charge is -2.36. The molecule has 0 aliphatic carbocycles. The SMILES string of the molecule is C[C@@H]1C[C@H](C)CN(C(=O)[C@@H](C)OC(=O)CCNS(=O)(=O)c2ccc3c(c2)OCCO3)C1. The second-order valence-corrected chi connectivity index (χ2v) is 10.0. The molecule has 172 valence electrons. The molecule has 0 aromatic heterocycles. The molecule has 1 N–H and O–H groups in total. The van der Waals surface area contributed by atoms with Gasteiger partial charge in [-0.25, -0.2) is 13.1 Å². The minimum atomic E-state index is -3.83. The summed E-state index contributed by atoms with van der Waals surface area (Å²) >= 11 is 0. The number of hydrogen-bond donors (Lipinski definition) is 1. The average Bonchev–Trinajstić information content (AvgIpc) is 2.71. The van der Waals surface area contributed by atoms with Gasteiger partial charge in [0.15, 0.2) is 17.6 Å². The van der Waals surface area contributed by atoms with E-state index in [0.717, 1.165) is 6.42 Å². The number of piperidine rings is 1. The molecule has 0 saturated carbocycles. The van der Waals surface area contributed by atoms with Crippen LogP contribution in [0.25, 0.3) is 0 Å². The van der Waals surface area contributed by atoms with Gasteiger partial charge < -0.3 is 19.1 Å². The van der Waals surface area contributed by atoms with Crippen molar-refractivity contribution < 1.29 is 32.2 Å². The largest absolute Gasteiger partial charge is 0.486 e. The Bertz CT molecular complexity index is 908. The number of amides is 1. The van der Waals surface area contributed by atoms with Crippen molar-refractivity contribution in [3.63, 3.8) is 0 Å². The van der Waals surface area contributed by atoms with Crippen LogP contribution in [0.5, 0.6) is 11.5 Å². The quantitative estimate of drug-likeness (QED) is 0.623. The van der Waals surface area contributed by atoms with E-state index < -0.39 is 22.1 Å². The third-order valence-electron chi connectivity index (χ3n) is 5.28. The van der Waals surface area contributed by atoms with Crippen molar-refractivity contribution in [2.45, 2.75) is 44.6 Å². The average molecular weight is 455 g/mol. The van der Waals surface area contributed by atoms with Gasteiger partial charge in [-0.2, -0.15) is 0 Å². The summed E-state index contributed by atoms with van der Waals surface area (Å²) in [4.78, 5) is 26.4. The Balaban J connectivity index is 1.47. The van der Waals surface area contributed by atoms with Crippen LogP contribution in [0.3, 0.4) is 0 Å². The molecular formula is C21H30N2O7S. The molecule has 2 heterocycles. The number of sulfonamides is 1. The van der Waals surface area contributed by atoms with Gasteiger partial charge in [0, 0.05) is 25.7 Å². The van der Waals surface area contributed by atoms with Gasteiger partial charge >= 0.3 is 5.97 Å². The molecule has 0 unspecified atom stereocenters. The zero-order chi connectivity index (χ0) is 22.6. The molecule has 2 aliphatic rings. The number of carbonyl (C=O) groups is 2. The molecule has 31 heavy (non-hydrogen) atoms. The molecule has 0 spiro atoms. The Labute approximate surface area is 183 Å². The number of esters is 1. The molecule has 3 rings (SSSR count). The summed E-state index contributed by atoms with van der Waals surface area (Å²) in [5.74, 6) is 0.815. The first-order valence-electron chi connectivity index (χ1n) is 10.5. The van der Waals surface area contributed by atoms with Crippen LogP contribution < -0.4 is 14.2 Å². The van der Waals surface area contributed by atoms with Crippen LogP contribution in [0.2, 0.25) is 0 Å². The van der Waals surface area contributed by atoms with Crippen LogP contribution >= 0.6 is 0 Å². The van der Waals surface area contributed by atoms with Gasteiger partial charge in [0.1, 0.15) is 13.2 Å². The first-order chi connectivity index (χ1) is 14.7. The maximum atomic E-state index is 12.6. The Kier molecular flexibility index (Phi) is 7.42. The number of likely N-dealkylation sites (tertiary alicyclic amines) is 1. The highest BCUT2D eigenvalue weighted by Crippen LogP contribution is 2.32. The third kappa shape index (κ3) is 6.10. The van der Waals surface area contributed by atoms with E-state index in [0.29, 0.717) is 49.6 Å². The van der Waals surface area contributed by atoms with E-state index >= 15 is 0 Å². The summed E-state index contributed by atoms with van der Waals surface area (Å²) in [6.45, 7) is 7.66. The smallest absolute Gasteiger partial charge is 0.307 e. The van der Waals surface area contributed by atoms with Crippen molar-refractivity contribution >= 4 is 21.9 Å². The molecule has 1 aromatic rings. The molecule has 0 bridgehead atoms. The predicted molar refractivity (Wildman–Crippen MR) is 112 cm³/mol. The summed E-state index contributed by atoms with van der Waals surface area (Å²) in [6, 6.07) is 4.33. The monoisotopic (exact) mass is 454 g/mol. The number of hydrogen-bond acceptors (Lipinski definition) is 7. The number of fused-ring (bicyclic) bond motifs is 1. The van der Waals surface area contributed by atoms with Crippen LogP contribution in [0.15, 0.2) is 23.1 Å². The number of rotatable bonds is 7. The van der Waals surface area contributed by atoms with Crippen molar-refractivity contribution in [1.29, 1.82) is 0 Å². The fourth-order valence-corrected chi connectivity index (χ4v) is 5.01. The number of benzene rings is 1. The Morgan fingerprint density at radius 2 is 1.81 bits per heavy atom. The van der Waals surface area contributed by atoms with Gasteiger partial charge in [0.25, 0.3) is 5.91 Å². The summed E-state index contributed by atoms with van der Waals surface area (Å²) < 4.78 is 43.3. The van der Waals surface area contributed by atoms with Crippen LogP contribution in [0, 0.1) is 11.8 Å². The van der Waals surface area contributed by atoms with Crippen LogP contribution in [-0.4, -0.2) is 64.1 Å². The predicted octanol–water partition coefficient (Wildman–Crippen LogP) is 1.56. The minimum Gasteiger partial charge on any atom is -0.486 e. The highest BCUT2D eigenvalue weighted by molar-refractivity contribution is 7.89. The van der Waals surface area contributed by atoms with E-state index in [9.17, 15) is 18.0 Å². The zero-order valence-corrected chi connectivity index (χ0v) is 18.9. The molecule has 1 saturated heterocycles. The molecule has 0 radical (unpaired) electrons. The van der Waals surface area contributed by atoms with Gasteiger partial charge in [-0.15, -0.1) is 0 Å². The highest BCUT2D eigenvalue weighted by atomic mass is 32.2. The first kappa shape index (κ1) is 23.3. The topological polar surface area (TPSA) is 111 Å². The van der Waals surface area contributed by atoms with Crippen LogP contribution in [0.4, 0.5) is 0 Å². The van der Waals surface area contributed by atoms with Gasteiger partial charge in [-0.3, -0.25) is 9.59 Å². The van der Waals surface area contributed by atoms with Crippen molar-refractivity contribution in [2.24, 2.45) is 11.8 Å². The molecule has 3 atom stereocenters. The van der Waals surface area contributed by atoms with E-state index in [2.05, 4.69) is 18.6 Å². The highest BCUT2D eigenvalue weighted by Gasteiger charge is 2.30. The summed E-state index contributed by atoms with van der Waals surface area (Å²) in [7, 11) is -3.83. The minimum absolute atomic E-state index is 0.0157. The Hall–Kier alpha value is -2.33. The van der Waals surface area contributed by atoms with E-state index in [4.69, 9.17) is 14.2 Å². The maximum absolute atomic E-state index is 12.6. The standard InChI is InChI=1S/C21H30N2O7S/c1-14-10-15(2)13-23(12-14)21(25)16(3)30-20(24)6-7-22-31(26,27)17-4-5-18-19(11-17)29-9-8-28-18/h4-5,11,14-16,22H,6-10,12-13H2,1-3H3/t14-,15+,16-/m1/s1. The third-order valence-corrected chi connectivity index (χ3v) is 6.74. The molecule has 9 nitrogen and oxygen atoms in total. The normalized spacial score (nSPS) is 22.0. The van der Waals surface area contributed by atoms with Gasteiger partial charge in [0.2, 0.25) is 10.0 Å². The number of nitrogens with one attached hydrogen (secondary N) is 1. The van der Waals surface area contributed by atoms with Crippen LogP contribution in [-0.2, 0) is 24.3 Å². The fourth-order valence-electron chi connectivity index (χ4n) is 3.97. The first-order valence-corrected chi connectivity index (χ1v) is 12.0. The van der Waals surface area contributed by atoms with Crippen molar-refractivity contribution in [1.82, 2.24) is 9.62 Å². The van der Waals surface area contributed by atoms with Crippen molar-refractivity contribution in [3.8, 4) is 11.5 Å². The molecule has 2 aliphatic heterocycles. The fraction of sp³-hybridized carbons (Fsp3) is 0.619. The van der Waals surface area contributed by atoms with E-state index in [-0.39, 0.29) is 23.8 Å². The van der Waals surface area contributed by atoms with Crippen molar-refractivity contribution in [3.05, 3.63) is 18.2 Å². The van der Waals surface area contributed by atoms with Gasteiger partial charge in [-0.05, 0) is 37.3 Å². The Morgan fingerprint density at radius 1 is 1.16 bits per heavy atom. The number of nitrogens with zero attached hydrogens (tertiary/aromatic N) is 1. The Morgan fingerprint density at radius 3 is 2.48 bits per heavy atom. The van der Waals surface area contributed by atoms with Gasteiger partial charge in [-0.1, -0.05) is 13.8 Å². The summed E-state index contributed by atoms with van der Waals surface area (Å²) in [5, 5.41) is 0. The van der Waals surface area contributed by atoms with E-state index in [1.807, 2.05) is 0 Å².